The lowest BCUT2D eigenvalue weighted by Crippen LogP contribution is -2.47. The van der Waals surface area contributed by atoms with E-state index >= 15 is 0 Å². The standard InChI is InChI=1S/C14H25NO3/c1-4-5-6-10(2)13(16)15-8-7-12(14(17)18)9-11(15)3/h10-12H,4-9H2,1-3H3,(H,17,18). The summed E-state index contributed by atoms with van der Waals surface area (Å²) in [6.07, 6.45) is 4.29. The zero-order valence-corrected chi connectivity index (χ0v) is 11.7. The van der Waals surface area contributed by atoms with Gasteiger partial charge >= 0.3 is 5.97 Å². The highest BCUT2D eigenvalue weighted by Gasteiger charge is 2.33. The normalized spacial score (nSPS) is 25.8. The van der Waals surface area contributed by atoms with Gasteiger partial charge in [0.25, 0.3) is 0 Å². The first-order valence-corrected chi connectivity index (χ1v) is 7.00. The second-order valence-corrected chi connectivity index (χ2v) is 5.48. The van der Waals surface area contributed by atoms with Crippen molar-refractivity contribution in [2.24, 2.45) is 11.8 Å². The summed E-state index contributed by atoms with van der Waals surface area (Å²) < 4.78 is 0. The monoisotopic (exact) mass is 255 g/mol. The third-order valence-corrected chi connectivity index (χ3v) is 3.92. The van der Waals surface area contributed by atoms with Crippen LogP contribution in [0, 0.1) is 11.8 Å². The van der Waals surface area contributed by atoms with Gasteiger partial charge in [0.2, 0.25) is 5.91 Å². The van der Waals surface area contributed by atoms with Gasteiger partial charge in [0, 0.05) is 18.5 Å². The highest BCUT2D eigenvalue weighted by Crippen LogP contribution is 2.25. The molecule has 0 aromatic heterocycles. The van der Waals surface area contributed by atoms with E-state index in [1.807, 2.05) is 18.7 Å². The van der Waals surface area contributed by atoms with Crippen molar-refractivity contribution in [2.75, 3.05) is 6.54 Å². The second kappa shape index (κ2) is 6.76. The van der Waals surface area contributed by atoms with Crippen LogP contribution in [0.5, 0.6) is 0 Å². The Labute approximate surface area is 109 Å². The Balaban J connectivity index is 2.52. The Morgan fingerprint density at radius 1 is 1.44 bits per heavy atom. The molecular weight excluding hydrogens is 230 g/mol. The molecule has 0 bridgehead atoms. The number of nitrogens with zero attached hydrogens (tertiary/aromatic N) is 1. The van der Waals surface area contributed by atoms with E-state index in [-0.39, 0.29) is 23.8 Å². The fourth-order valence-electron chi connectivity index (χ4n) is 2.64. The SMILES string of the molecule is CCCCC(C)C(=O)N1CCC(C(=O)O)CC1C. The number of carbonyl (C=O) groups excluding carboxylic acids is 1. The van der Waals surface area contributed by atoms with Crippen LogP contribution in [0.3, 0.4) is 0 Å². The first-order valence-electron chi connectivity index (χ1n) is 7.00. The summed E-state index contributed by atoms with van der Waals surface area (Å²) in [5.74, 6) is -0.753. The molecule has 1 amide bonds. The lowest BCUT2D eigenvalue weighted by atomic mass is 9.90. The Morgan fingerprint density at radius 3 is 2.61 bits per heavy atom. The lowest BCUT2D eigenvalue weighted by Gasteiger charge is -2.37. The number of piperidine rings is 1. The fourth-order valence-corrected chi connectivity index (χ4v) is 2.64. The maximum Gasteiger partial charge on any atom is 0.306 e. The number of unbranched alkanes of at least 4 members (excludes halogenated alkanes) is 1. The van der Waals surface area contributed by atoms with Crippen molar-refractivity contribution in [3.8, 4) is 0 Å². The number of carboxylic acids is 1. The number of rotatable bonds is 5. The fraction of sp³-hybridized carbons (Fsp3) is 0.857. The first kappa shape index (κ1) is 15.0. The molecule has 0 spiro atoms. The minimum absolute atomic E-state index is 0.0522. The molecule has 1 N–H and O–H groups in total. The number of carbonyl (C=O) groups is 2. The predicted octanol–water partition coefficient (Wildman–Crippen LogP) is 2.52. The van der Waals surface area contributed by atoms with Gasteiger partial charge < -0.3 is 10.0 Å². The number of carboxylic acid groups (broad SMARTS) is 1. The molecule has 0 aromatic carbocycles. The van der Waals surface area contributed by atoms with E-state index in [4.69, 9.17) is 5.11 Å². The zero-order valence-electron chi connectivity index (χ0n) is 11.7. The number of hydrogen-bond acceptors (Lipinski definition) is 2. The third kappa shape index (κ3) is 3.72. The summed E-state index contributed by atoms with van der Waals surface area (Å²) >= 11 is 0. The average Bonchev–Trinajstić information content (AvgIpc) is 2.34. The predicted molar refractivity (Wildman–Crippen MR) is 70.2 cm³/mol. The largest absolute Gasteiger partial charge is 0.481 e. The molecule has 3 unspecified atom stereocenters. The summed E-state index contributed by atoms with van der Waals surface area (Å²) in [5, 5.41) is 9.00. The zero-order chi connectivity index (χ0) is 13.7. The van der Waals surface area contributed by atoms with Crippen LogP contribution in [-0.2, 0) is 9.59 Å². The van der Waals surface area contributed by atoms with Crippen molar-refractivity contribution >= 4 is 11.9 Å². The van der Waals surface area contributed by atoms with Crippen LogP contribution in [0.4, 0.5) is 0 Å². The molecule has 1 aliphatic rings. The van der Waals surface area contributed by atoms with Crippen LogP contribution >= 0.6 is 0 Å². The van der Waals surface area contributed by atoms with E-state index < -0.39 is 5.97 Å². The summed E-state index contributed by atoms with van der Waals surface area (Å²) in [7, 11) is 0. The molecule has 3 atom stereocenters. The number of amides is 1. The molecule has 1 heterocycles. The Morgan fingerprint density at radius 2 is 2.11 bits per heavy atom. The average molecular weight is 255 g/mol. The van der Waals surface area contributed by atoms with Gasteiger partial charge in [-0.25, -0.2) is 0 Å². The quantitative estimate of drug-likeness (QED) is 0.821. The molecule has 0 aliphatic carbocycles. The van der Waals surface area contributed by atoms with Gasteiger partial charge in [0.1, 0.15) is 0 Å². The van der Waals surface area contributed by atoms with Crippen LogP contribution in [-0.4, -0.2) is 34.5 Å². The molecule has 1 aliphatic heterocycles. The molecule has 18 heavy (non-hydrogen) atoms. The number of likely N-dealkylation sites (tertiary alicyclic amines) is 1. The third-order valence-electron chi connectivity index (χ3n) is 3.92. The maximum absolute atomic E-state index is 12.3. The van der Waals surface area contributed by atoms with Crippen molar-refractivity contribution in [3.63, 3.8) is 0 Å². The van der Waals surface area contributed by atoms with Crippen LogP contribution in [0.2, 0.25) is 0 Å². The topological polar surface area (TPSA) is 57.6 Å². The first-order chi connectivity index (χ1) is 8.47. The molecule has 0 saturated carbocycles. The molecular formula is C14H25NO3. The maximum atomic E-state index is 12.3. The van der Waals surface area contributed by atoms with Crippen molar-refractivity contribution in [2.45, 2.75) is 58.9 Å². The molecule has 1 fully saturated rings. The molecule has 0 aromatic rings. The molecule has 0 radical (unpaired) electrons. The van der Waals surface area contributed by atoms with E-state index in [0.717, 1.165) is 19.3 Å². The smallest absolute Gasteiger partial charge is 0.306 e. The number of aliphatic carboxylic acids is 1. The number of hydrogen-bond donors (Lipinski definition) is 1. The van der Waals surface area contributed by atoms with Crippen LogP contribution in [0.1, 0.15) is 52.9 Å². The Kier molecular flexibility index (Phi) is 5.63. The summed E-state index contributed by atoms with van der Waals surface area (Å²) in [4.78, 5) is 25.1. The van der Waals surface area contributed by atoms with Crippen LogP contribution in [0.15, 0.2) is 0 Å². The Bertz CT molecular complexity index is 303. The van der Waals surface area contributed by atoms with Crippen molar-refractivity contribution in [1.82, 2.24) is 4.90 Å². The highest BCUT2D eigenvalue weighted by atomic mass is 16.4. The van der Waals surface area contributed by atoms with E-state index in [1.54, 1.807) is 0 Å². The van der Waals surface area contributed by atoms with E-state index in [9.17, 15) is 9.59 Å². The molecule has 4 nitrogen and oxygen atoms in total. The lowest BCUT2D eigenvalue weighted by molar-refractivity contribution is -0.148. The van der Waals surface area contributed by atoms with Crippen LogP contribution < -0.4 is 0 Å². The molecule has 1 saturated heterocycles. The highest BCUT2D eigenvalue weighted by molar-refractivity contribution is 5.79. The van der Waals surface area contributed by atoms with E-state index in [0.29, 0.717) is 19.4 Å². The van der Waals surface area contributed by atoms with E-state index in [2.05, 4.69) is 6.92 Å². The van der Waals surface area contributed by atoms with E-state index in [1.165, 1.54) is 0 Å². The van der Waals surface area contributed by atoms with Gasteiger partial charge in [-0.05, 0) is 26.2 Å². The van der Waals surface area contributed by atoms with Gasteiger partial charge in [-0.1, -0.05) is 26.7 Å². The summed E-state index contributed by atoms with van der Waals surface area (Å²) in [6.45, 7) is 6.65. The van der Waals surface area contributed by atoms with Crippen molar-refractivity contribution in [3.05, 3.63) is 0 Å². The molecule has 4 heteroatoms. The molecule has 104 valence electrons. The van der Waals surface area contributed by atoms with Gasteiger partial charge in [-0.3, -0.25) is 9.59 Å². The molecule has 1 rings (SSSR count). The van der Waals surface area contributed by atoms with Gasteiger partial charge in [0.05, 0.1) is 5.92 Å². The minimum Gasteiger partial charge on any atom is -0.481 e. The van der Waals surface area contributed by atoms with Gasteiger partial charge in [-0.15, -0.1) is 0 Å². The minimum atomic E-state index is -0.729. The van der Waals surface area contributed by atoms with Crippen molar-refractivity contribution in [1.29, 1.82) is 0 Å². The summed E-state index contributed by atoms with van der Waals surface area (Å²) in [6, 6.07) is 0.0522. The van der Waals surface area contributed by atoms with Gasteiger partial charge in [0.15, 0.2) is 0 Å². The van der Waals surface area contributed by atoms with Crippen LogP contribution in [0.25, 0.3) is 0 Å². The second-order valence-electron chi connectivity index (χ2n) is 5.48. The van der Waals surface area contributed by atoms with Gasteiger partial charge in [-0.2, -0.15) is 0 Å². The Hall–Kier alpha value is -1.06. The summed E-state index contributed by atoms with van der Waals surface area (Å²) in [5.41, 5.74) is 0. The van der Waals surface area contributed by atoms with Crippen molar-refractivity contribution < 1.29 is 14.7 Å².